The highest BCUT2D eigenvalue weighted by molar-refractivity contribution is 7.91. The zero-order valence-corrected chi connectivity index (χ0v) is 11.9. The molecule has 0 aliphatic carbocycles. The van der Waals surface area contributed by atoms with Crippen molar-refractivity contribution in [3.05, 3.63) is 23.8 Å². The van der Waals surface area contributed by atoms with Crippen molar-refractivity contribution >= 4 is 27.7 Å². The fourth-order valence-electron chi connectivity index (χ4n) is 2.05. The van der Waals surface area contributed by atoms with Crippen LogP contribution in [0.4, 0.5) is 16.2 Å². The Balaban J connectivity index is 2.15. The largest absolute Gasteiger partial charge is 0.449 e. The number of fused-ring (bicyclic) bond motifs is 1. The fraction of sp³-hybridized carbons (Fsp3) is 0.417. The van der Waals surface area contributed by atoms with Gasteiger partial charge < -0.3 is 10.1 Å². The van der Waals surface area contributed by atoms with Crippen LogP contribution in [0.15, 0.2) is 18.2 Å². The minimum absolute atomic E-state index is 0.103. The van der Waals surface area contributed by atoms with Crippen molar-refractivity contribution in [1.29, 1.82) is 0 Å². The molecule has 0 bridgehead atoms. The van der Waals surface area contributed by atoms with Gasteiger partial charge in [-0.15, -0.1) is 0 Å². The molecule has 1 aliphatic rings. The molecular formula is C12H17N3O4S. The van der Waals surface area contributed by atoms with Gasteiger partial charge >= 0.3 is 16.3 Å². The molecule has 1 aliphatic heterocycles. The van der Waals surface area contributed by atoms with E-state index in [0.29, 0.717) is 5.69 Å². The predicted molar refractivity (Wildman–Crippen MR) is 76.0 cm³/mol. The molecule has 3 N–H and O–H groups in total. The van der Waals surface area contributed by atoms with E-state index in [4.69, 9.17) is 0 Å². The molecule has 0 atom stereocenters. The zero-order chi connectivity index (χ0) is 14.6. The SMILES string of the molecule is CCOC(=O)NS(=O)(=O)Nc1cccc2c1CCCN2. The van der Waals surface area contributed by atoms with E-state index in [0.717, 1.165) is 30.6 Å². The van der Waals surface area contributed by atoms with Gasteiger partial charge in [-0.1, -0.05) is 6.07 Å². The van der Waals surface area contributed by atoms with Crippen molar-refractivity contribution in [1.82, 2.24) is 4.72 Å². The third-order valence-corrected chi connectivity index (χ3v) is 3.76. The highest BCUT2D eigenvalue weighted by Crippen LogP contribution is 2.29. The van der Waals surface area contributed by atoms with Gasteiger partial charge in [0.15, 0.2) is 0 Å². The van der Waals surface area contributed by atoms with Crippen LogP contribution < -0.4 is 14.8 Å². The van der Waals surface area contributed by atoms with Crippen LogP contribution in [-0.2, 0) is 21.4 Å². The van der Waals surface area contributed by atoms with Crippen LogP contribution in [0.1, 0.15) is 18.9 Å². The molecular weight excluding hydrogens is 282 g/mol. The van der Waals surface area contributed by atoms with Crippen molar-refractivity contribution in [2.24, 2.45) is 0 Å². The lowest BCUT2D eigenvalue weighted by atomic mass is 10.0. The number of anilines is 2. The first-order valence-electron chi connectivity index (χ1n) is 6.35. The minimum Gasteiger partial charge on any atom is -0.449 e. The Labute approximate surface area is 117 Å². The van der Waals surface area contributed by atoms with Crippen molar-refractivity contribution in [2.75, 3.05) is 23.2 Å². The molecule has 0 saturated heterocycles. The number of hydrogen-bond acceptors (Lipinski definition) is 5. The van der Waals surface area contributed by atoms with Gasteiger partial charge in [-0.05, 0) is 37.5 Å². The summed E-state index contributed by atoms with van der Waals surface area (Å²) in [5.74, 6) is 0. The third-order valence-electron chi connectivity index (χ3n) is 2.83. The van der Waals surface area contributed by atoms with Crippen LogP contribution in [0.5, 0.6) is 0 Å². The molecule has 1 aromatic rings. The Morgan fingerprint density at radius 2 is 2.25 bits per heavy atom. The Morgan fingerprint density at radius 1 is 1.45 bits per heavy atom. The zero-order valence-electron chi connectivity index (χ0n) is 11.1. The summed E-state index contributed by atoms with van der Waals surface area (Å²) in [5, 5.41) is 3.20. The summed E-state index contributed by atoms with van der Waals surface area (Å²) < 4.78 is 32.3. The van der Waals surface area contributed by atoms with Crippen molar-refractivity contribution < 1.29 is 17.9 Å². The number of amides is 1. The van der Waals surface area contributed by atoms with Crippen LogP contribution in [0.3, 0.4) is 0 Å². The lowest BCUT2D eigenvalue weighted by Crippen LogP contribution is -2.36. The molecule has 7 nitrogen and oxygen atoms in total. The van der Waals surface area contributed by atoms with E-state index >= 15 is 0 Å². The summed E-state index contributed by atoms with van der Waals surface area (Å²) in [6, 6.07) is 5.31. The normalized spacial score (nSPS) is 13.8. The Kier molecular flexibility index (Phi) is 4.33. The number of carbonyl (C=O) groups excluding carboxylic acids is 1. The Hall–Kier alpha value is -1.96. The second-order valence-corrected chi connectivity index (χ2v) is 5.71. The fourth-order valence-corrected chi connectivity index (χ4v) is 2.86. The molecule has 1 heterocycles. The van der Waals surface area contributed by atoms with E-state index in [1.54, 1.807) is 23.8 Å². The van der Waals surface area contributed by atoms with Crippen molar-refractivity contribution in [2.45, 2.75) is 19.8 Å². The van der Waals surface area contributed by atoms with Crippen LogP contribution >= 0.6 is 0 Å². The van der Waals surface area contributed by atoms with Gasteiger partial charge in [-0.2, -0.15) is 8.42 Å². The van der Waals surface area contributed by atoms with Crippen LogP contribution in [0.2, 0.25) is 0 Å². The van der Waals surface area contributed by atoms with E-state index in [-0.39, 0.29) is 6.61 Å². The smallest absolute Gasteiger partial charge is 0.422 e. The van der Waals surface area contributed by atoms with Crippen molar-refractivity contribution in [3.8, 4) is 0 Å². The summed E-state index contributed by atoms with van der Waals surface area (Å²) >= 11 is 0. The molecule has 0 radical (unpaired) electrons. The number of benzene rings is 1. The Morgan fingerprint density at radius 3 is 3.00 bits per heavy atom. The molecule has 0 saturated carbocycles. The van der Waals surface area contributed by atoms with Gasteiger partial charge in [0.25, 0.3) is 0 Å². The standard InChI is InChI=1S/C12H17N3O4S/c1-2-19-12(16)15-20(17,18)14-11-7-3-6-10-9(11)5-4-8-13-10/h3,6-7,13-14H,2,4-5,8H2,1H3,(H,15,16). The first-order chi connectivity index (χ1) is 9.52. The van der Waals surface area contributed by atoms with E-state index < -0.39 is 16.3 Å². The van der Waals surface area contributed by atoms with E-state index in [9.17, 15) is 13.2 Å². The lowest BCUT2D eigenvalue weighted by molar-refractivity contribution is 0.159. The summed E-state index contributed by atoms with van der Waals surface area (Å²) in [5.41, 5.74) is 2.27. The first-order valence-corrected chi connectivity index (χ1v) is 7.83. The van der Waals surface area contributed by atoms with Gasteiger partial charge in [0.05, 0.1) is 12.3 Å². The molecule has 1 amide bonds. The maximum absolute atomic E-state index is 11.8. The molecule has 0 unspecified atom stereocenters. The van der Waals surface area contributed by atoms with E-state index in [1.807, 2.05) is 6.07 Å². The van der Waals surface area contributed by atoms with Crippen LogP contribution in [-0.4, -0.2) is 27.7 Å². The monoisotopic (exact) mass is 299 g/mol. The maximum atomic E-state index is 11.8. The predicted octanol–water partition coefficient (Wildman–Crippen LogP) is 1.45. The molecule has 0 spiro atoms. The third kappa shape index (κ3) is 3.53. The Bertz CT molecular complexity index is 601. The number of nitrogens with one attached hydrogen (secondary N) is 3. The van der Waals surface area contributed by atoms with Gasteiger partial charge in [0.2, 0.25) is 0 Å². The lowest BCUT2D eigenvalue weighted by Gasteiger charge is -2.21. The molecule has 1 aromatic carbocycles. The molecule has 2 rings (SSSR count). The van der Waals surface area contributed by atoms with Gasteiger partial charge in [-0.3, -0.25) is 4.72 Å². The molecule has 8 heteroatoms. The summed E-state index contributed by atoms with van der Waals surface area (Å²) in [6.45, 7) is 2.56. The molecule has 20 heavy (non-hydrogen) atoms. The van der Waals surface area contributed by atoms with Crippen LogP contribution in [0.25, 0.3) is 0 Å². The quantitative estimate of drug-likeness (QED) is 0.782. The average Bonchev–Trinajstić information content (AvgIpc) is 2.38. The highest BCUT2D eigenvalue weighted by Gasteiger charge is 2.19. The van der Waals surface area contributed by atoms with Gasteiger partial charge in [0, 0.05) is 12.2 Å². The van der Waals surface area contributed by atoms with Gasteiger partial charge in [0.1, 0.15) is 0 Å². The average molecular weight is 299 g/mol. The van der Waals surface area contributed by atoms with Crippen molar-refractivity contribution in [3.63, 3.8) is 0 Å². The second-order valence-electron chi connectivity index (χ2n) is 4.29. The summed E-state index contributed by atoms with van der Waals surface area (Å²) in [4.78, 5) is 11.2. The molecule has 0 fully saturated rings. The van der Waals surface area contributed by atoms with Gasteiger partial charge in [-0.25, -0.2) is 9.52 Å². The first kappa shape index (κ1) is 14.4. The molecule has 0 aromatic heterocycles. The summed E-state index contributed by atoms with van der Waals surface area (Å²) in [7, 11) is -3.99. The van der Waals surface area contributed by atoms with E-state index in [2.05, 4.69) is 14.8 Å². The second kappa shape index (κ2) is 6.00. The number of carbonyl (C=O) groups is 1. The topological polar surface area (TPSA) is 96.5 Å². The highest BCUT2D eigenvalue weighted by atomic mass is 32.2. The molecule has 110 valence electrons. The number of hydrogen-bond donors (Lipinski definition) is 3. The minimum atomic E-state index is -3.99. The van der Waals surface area contributed by atoms with Crippen LogP contribution in [0, 0.1) is 0 Å². The summed E-state index contributed by atoms with van der Waals surface area (Å²) in [6.07, 6.45) is 0.709. The number of rotatable bonds is 4. The maximum Gasteiger partial charge on any atom is 0.422 e. The van der Waals surface area contributed by atoms with E-state index in [1.165, 1.54) is 0 Å². The number of ether oxygens (including phenoxy) is 1.